The highest BCUT2D eigenvalue weighted by Crippen LogP contribution is 2.24. The summed E-state index contributed by atoms with van der Waals surface area (Å²) >= 11 is 0. The van der Waals surface area contributed by atoms with E-state index in [9.17, 15) is 8.78 Å². The Labute approximate surface area is 82.5 Å². The predicted molar refractivity (Wildman–Crippen MR) is 53.6 cm³/mol. The lowest BCUT2D eigenvalue weighted by molar-refractivity contribution is 0.629. The van der Waals surface area contributed by atoms with Crippen LogP contribution in [0.2, 0.25) is 0 Å². The van der Waals surface area contributed by atoms with Gasteiger partial charge in [-0.15, -0.1) is 0 Å². The zero-order valence-electron chi connectivity index (χ0n) is 8.27. The van der Waals surface area contributed by atoms with Crippen LogP contribution in [0.4, 0.5) is 8.78 Å². The van der Waals surface area contributed by atoms with Crippen LogP contribution >= 0.6 is 0 Å². The van der Waals surface area contributed by atoms with Gasteiger partial charge in [-0.3, -0.25) is 0 Å². The van der Waals surface area contributed by atoms with Crippen molar-refractivity contribution in [1.82, 2.24) is 5.32 Å². The van der Waals surface area contributed by atoms with Crippen molar-refractivity contribution in [2.45, 2.75) is 13.8 Å². The van der Waals surface area contributed by atoms with Gasteiger partial charge in [-0.05, 0) is 18.6 Å². The van der Waals surface area contributed by atoms with Crippen LogP contribution < -0.4 is 5.32 Å². The van der Waals surface area contributed by atoms with E-state index in [1.54, 1.807) is 0 Å². The van der Waals surface area contributed by atoms with Crippen LogP contribution in [0.1, 0.15) is 13.8 Å². The first-order valence-corrected chi connectivity index (χ1v) is 4.37. The molecule has 76 valence electrons. The molecule has 0 amide bonds. The molecular weight excluding hydrogens is 184 g/mol. The standard InChI is InChI=1S/C11H13F2N/c1-7-6-14-11(9(7)3)5-10(13)4-8(2)12/h4-6,9,14H,2H2,1,3H3/b10-4+,11-5+. The molecule has 0 radical (unpaired) electrons. The number of hydrogen-bond donors (Lipinski definition) is 1. The minimum absolute atomic E-state index is 0.155. The van der Waals surface area contributed by atoms with Crippen LogP contribution in [0.15, 0.2) is 47.9 Å². The molecule has 0 aromatic heterocycles. The van der Waals surface area contributed by atoms with Crippen LogP contribution in [0, 0.1) is 5.92 Å². The van der Waals surface area contributed by atoms with Crippen molar-refractivity contribution in [2.75, 3.05) is 0 Å². The summed E-state index contributed by atoms with van der Waals surface area (Å²) in [5.41, 5.74) is 1.86. The summed E-state index contributed by atoms with van der Waals surface area (Å²) in [6, 6.07) is 0. The molecule has 14 heavy (non-hydrogen) atoms. The highest BCUT2D eigenvalue weighted by Gasteiger charge is 2.15. The van der Waals surface area contributed by atoms with E-state index in [4.69, 9.17) is 0 Å². The van der Waals surface area contributed by atoms with E-state index < -0.39 is 11.7 Å². The maximum absolute atomic E-state index is 13.0. The van der Waals surface area contributed by atoms with Gasteiger partial charge >= 0.3 is 0 Å². The Morgan fingerprint density at radius 3 is 2.64 bits per heavy atom. The smallest absolute Gasteiger partial charge is 0.127 e. The lowest BCUT2D eigenvalue weighted by Crippen LogP contribution is -2.04. The maximum Gasteiger partial charge on any atom is 0.127 e. The first-order valence-electron chi connectivity index (χ1n) is 4.37. The van der Waals surface area contributed by atoms with E-state index in [1.165, 1.54) is 6.08 Å². The topological polar surface area (TPSA) is 12.0 Å². The Morgan fingerprint density at radius 2 is 2.21 bits per heavy atom. The van der Waals surface area contributed by atoms with Gasteiger partial charge in [-0.25, -0.2) is 8.78 Å². The minimum atomic E-state index is -0.783. The fourth-order valence-corrected chi connectivity index (χ4v) is 1.20. The molecule has 0 spiro atoms. The molecule has 1 rings (SSSR count). The summed E-state index contributed by atoms with van der Waals surface area (Å²) in [7, 11) is 0. The zero-order chi connectivity index (χ0) is 10.7. The number of allylic oxidation sites excluding steroid dienone is 5. The average Bonchev–Trinajstić information content (AvgIpc) is 2.34. The molecule has 0 saturated carbocycles. The summed E-state index contributed by atoms with van der Waals surface area (Å²) in [6.07, 6.45) is 3.85. The summed E-state index contributed by atoms with van der Waals surface area (Å²) in [5.74, 6) is -1.26. The van der Waals surface area contributed by atoms with E-state index in [-0.39, 0.29) is 5.92 Å². The Balaban J connectivity index is 2.77. The number of nitrogens with one attached hydrogen (secondary N) is 1. The van der Waals surface area contributed by atoms with Gasteiger partial charge in [0.1, 0.15) is 11.7 Å². The van der Waals surface area contributed by atoms with E-state index in [0.717, 1.165) is 17.3 Å². The van der Waals surface area contributed by atoms with Gasteiger partial charge in [-0.2, -0.15) is 0 Å². The predicted octanol–water partition coefficient (Wildman–Crippen LogP) is 3.35. The third-order valence-corrected chi connectivity index (χ3v) is 2.20. The molecule has 0 bridgehead atoms. The molecule has 0 fully saturated rings. The van der Waals surface area contributed by atoms with Crippen molar-refractivity contribution in [3.05, 3.63) is 47.9 Å². The first-order chi connectivity index (χ1) is 6.50. The summed E-state index contributed by atoms with van der Waals surface area (Å²) in [5, 5.41) is 2.93. The third-order valence-electron chi connectivity index (χ3n) is 2.20. The molecule has 1 atom stereocenters. The van der Waals surface area contributed by atoms with E-state index in [2.05, 4.69) is 11.9 Å². The largest absolute Gasteiger partial charge is 0.364 e. The molecule has 1 N–H and O–H groups in total. The molecule has 0 aromatic carbocycles. The SMILES string of the molecule is C=C(F)/C=C(F)\C=C1\NC=C(C)C1C. The van der Waals surface area contributed by atoms with Crippen molar-refractivity contribution < 1.29 is 8.78 Å². The Bertz CT molecular complexity index is 337. The van der Waals surface area contributed by atoms with Crippen LogP contribution in [-0.4, -0.2) is 0 Å². The number of hydrogen-bond acceptors (Lipinski definition) is 1. The summed E-state index contributed by atoms with van der Waals surface area (Å²) in [4.78, 5) is 0. The zero-order valence-corrected chi connectivity index (χ0v) is 8.27. The molecule has 3 heteroatoms. The van der Waals surface area contributed by atoms with Gasteiger partial charge in [-0.1, -0.05) is 13.5 Å². The van der Waals surface area contributed by atoms with Gasteiger partial charge < -0.3 is 5.32 Å². The van der Waals surface area contributed by atoms with Crippen LogP contribution in [0.25, 0.3) is 0 Å². The fraction of sp³-hybridized carbons (Fsp3) is 0.273. The van der Waals surface area contributed by atoms with E-state index >= 15 is 0 Å². The highest BCUT2D eigenvalue weighted by atomic mass is 19.1. The van der Waals surface area contributed by atoms with Crippen molar-refractivity contribution >= 4 is 0 Å². The van der Waals surface area contributed by atoms with Gasteiger partial charge in [0, 0.05) is 23.9 Å². The van der Waals surface area contributed by atoms with E-state index in [0.29, 0.717) is 0 Å². The lowest BCUT2D eigenvalue weighted by atomic mass is 10.0. The van der Waals surface area contributed by atoms with Gasteiger partial charge in [0.25, 0.3) is 0 Å². The Morgan fingerprint density at radius 1 is 1.57 bits per heavy atom. The molecule has 0 aromatic rings. The lowest BCUT2D eigenvalue weighted by Gasteiger charge is -2.06. The van der Waals surface area contributed by atoms with Gasteiger partial charge in [0.05, 0.1) is 0 Å². The number of halogens is 2. The molecule has 1 aliphatic rings. The highest BCUT2D eigenvalue weighted by molar-refractivity contribution is 5.32. The van der Waals surface area contributed by atoms with Gasteiger partial charge in [0.2, 0.25) is 0 Å². The normalized spacial score (nSPS) is 24.9. The quantitative estimate of drug-likeness (QED) is 0.669. The summed E-state index contributed by atoms with van der Waals surface area (Å²) in [6.45, 7) is 6.86. The Hall–Kier alpha value is -1.38. The Kier molecular flexibility index (Phi) is 3.23. The van der Waals surface area contributed by atoms with Crippen molar-refractivity contribution in [1.29, 1.82) is 0 Å². The van der Waals surface area contributed by atoms with Crippen LogP contribution in [-0.2, 0) is 0 Å². The summed E-state index contributed by atoms with van der Waals surface area (Å²) < 4.78 is 25.3. The number of rotatable bonds is 2. The maximum atomic E-state index is 13.0. The van der Waals surface area contributed by atoms with Crippen LogP contribution in [0.3, 0.4) is 0 Å². The second-order valence-corrected chi connectivity index (χ2v) is 3.33. The molecule has 1 nitrogen and oxygen atoms in total. The molecule has 1 unspecified atom stereocenters. The molecule has 1 aliphatic heterocycles. The van der Waals surface area contributed by atoms with Crippen molar-refractivity contribution in [3.63, 3.8) is 0 Å². The molecule has 1 heterocycles. The van der Waals surface area contributed by atoms with Gasteiger partial charge in [0.15, 0.2) is 0 Å². The van der Waals surface area contributed by atoms with E-state index in [1.807, 2.05) is 20.0 Å². The fourth-order valence-electron chi connectivity index (χ4n) is 1.20. The second kappa shape index (κ2) is 4.22. The second-order valence-electron chi connectivity index (χ2n) is 3.33. The minimum Gasteiger partial charge on any atom is -0.364 e. The average molecular weight is 197 g/mol. The third kappa shape index (κ3) is 2.55. The monoisotopic (exact) mass is 197 g/mol. The van der Waals surface area contributed by atoms with Crippen molar-refractivity contribution in [3.8, 4) is 0 Å². The first kappa shape index (κ1) is 10.7. The molecule has 0 saturated heterocycles. The van der Waals surface area contributed by atoms with Crippen LogP contribution in [0.5, 0.6) is 0 Å². The molecular formula is C11H13F2N. The molecule has 0 aliphatic carbocycles. The van der Waals surface area contributed by atoms with Crippen molar-refractivity contribution in [2.24, 2.45) is 5.92 Å².